The summed E-state index contributed by atoms with van der Waals surface area (Å²) >= 11 is 0. The minimum Gasteiger partial charge on any atom is -0.506 e. The van der Waals surface area contributed by atoms with E-state index in [4.69, 9.17) is 5.73 Å². The van der Waals surface area contributed by atoms with Crippen molar-refractivity contribution in [2.75, 3.05) is 11.9 Å². The Labute approximate surface area is 76.4 Å². The second-order valence-corrected chi connectivity index (χ2v) is 2.84. The monoisotopic (exact) mass is 180 g/mol. The molecule has 0 aliphatic rings. The molecule has 0 spiro atoms. The van der Waals surface area contributed by atoms with E-state index in [1.807, 2.05) is 6.92 Å². The predicted octanol–water partition coefficient (Wildman–Crippen LogP) is 0.598. The van der Waals surface area contributed by atoms with Crippen molar-refractivity contribution < 1.29 is 9.90 Å². The maximum absolute atomic E-state index is 10.4. The molecular weight excluding hydrogens is 168 g/mol. The number of carbonyl (C=O) groups is 1. The molecule has 0 heterocycles. The number of benzene rings is 1. The second-order valence-electron chi connectivity index (χ2n) is 2.84. The second kappa shape index (κ2) is 3.80. The highest BCUT2D eigenvalue weighted by atomic mass is 16.3. The number of hydrogen-bond acceptors (Lipinski definition) is 3. The van der Waals surface area contributed by atoms with Gasteiger partial charge in [0.25, 0.3) is 0 Å². The van der Waals surface area contributed by atoms with Crippen LogP contribution < -0.4 is 11.1 Å². The number of rotatable bonds is 3. The molecule has 0 fully saturated rings. The van der Waals surface area contributed by atoms with Crippen molar-refractivity contribution in [2.24, 2.45) is 5.73 Å². The highest BCUT2D eigenvalue weighted by Crippen LogP contribution is 2.23. The van der Waals surface area contributed by atoms with Gasteiger partial charge < -0.3 is 16.2 Å². The SMILES string of the molecule is Cc1ccc(O)c(NCC(N)=O)c1. The van der Waals surface area contributed by atoms with Crippen LogP contribution in [0.5, 0.6) is 5.75 Å². The number of aryl methyl sites for hydroxylation is 1. The van der Waals surface area contributed by atoms with Gasteiger partial charge in [-0.1, -0.05) is 6.07 Å². The van der Waals surface area contributed by atoms with Crippen molar-refractivity contribution in [3.63, 3.8) is 0 Å². The summed E-state index contributed by atoms with van der Waals surface area (Å²) in [6, 6.07) is 5.10. The molecule has 1 aromatic carbocycles. The molecule has 0 bridgehead atoms. The zero-order valence-corrected chi connectivity index (χ0v) is 7.37. The van der Waals surface area contributed by atoms with Crippen LogP contribution in [0.4, 0.5) is 5.69 Å². The van der Waals surface area contributed by atoms with Crippen molar-refractivity contribution in [1.29, 1.82) is 0 Å². The van der Waals surface area contributed by atoms with E-state index in [-0.39, 0.29) is 12.3 Å². The molecule has 13 heavy (non-hydrogen) atoms. The molecule has 0 aliphatic carbocycles. The fourth-order valence-corrected chi connectivity index (χ4v) is 0.974. The highest BCUT2D eigenvalue weighted by molar-refractivity contribution is 5.79. The molecule has 0 radical (unpaired) electrons. The van der Waals surface area contributed by atoms with Crippen LogP contribution in [-0.2, 0) is 4.79 Å². The molecule has 4 nitrogen and oxygen atoms in total. The van der Waals surface area contributed by atoms with Crippen molar-refractivity contribution in [3.8, 4) is 5.75 Å². The van der Waals surface area contributed by atoms with E-state index in [2.05, 4.69) is 5.32 Å². The van der Waals surface area contributed by atoms with Crippen molar-refractivity contribution in [1.82, 2.24) is 0 Å². The number of phenolic OH excluding ortho intramolecular Hbond substituents is 1. The summed E-state index contributed by atoms with van der Waals surface area (Å²) in [6.07, 6.45) is 0. The van der Waals surface area contributed by atoms with E-state index < -0.39 is 5.91 Å². The number of anilines is 1. The number of carbonyl (C=O) groups excluding carboxylic acids is 1. The van der Waals surface area contributed by atoms with Crippen LogP contribution in [0, 0.1) is 6.92 Å². The molecule has 1 amide bonds. The largest absolute Gasteiger partial charge is 0.506 e. The van der Waals surface area contributed by atoms with Gasteiger partial charge >= 0.3 is 0 Å². The number of nitrogens with one attached hydrogen (secondary N) is 1. The molecule has 0 saturated carbocycles. The van der Waals surface area contributed by atoms with Gasteiger partial charge in [0, 0.05) is 0 Å². The Kier molecular flexibility index (Phi) is 2.74. The molecular formula is C9H12N2O2. The Morgan fingerprint density at radius 2 is 2.31 bits per heavy atom. The highest BCUT2D eigenvalue weighted by Gasteiger charge is 2.01. The average molecular weight is 180 g/mol. The van der Waals surface area contributed by atoms with Crippen molar-refractivity contribution >= 4 is 11.6 Å². The van der Waals surface area contributed by atoms with E-state index >= 15 is 0 Å². The maximum Gasteiger partial charge on any atom is 0.236 e. The lowest BCUT2D eigenvalue weighted by molar-refractivity contribution is -0.116. The number of nitrogens with two attached hydrogens (primary N) is 1. The maximum atomic E-state index is 10.4. The summed E-state index contributed by atoms with van der Waals surface area (Å²) in [5.74, 6) is -0.340. The third-order valence-corrected chi connectivity index (χ3v) is 1.61. The quantitative estimate of drug-likeness (QED) is 0.596. The molecule has 0 unspecified atom stereocenters. The van der Waals surface area contributed by atoms with Gasteiger partial charge in [-0.2, -0.15) is 0 Å². The Bertz CT molecular complexity index is 323. The van der Waals surface area contributed by atoms with E-state index in [0.717, 1.165) is 5.56 Å². The van der Waals surface area contributed by atoms with Gasteiger partial charge in [-0.3, -0.25) is 4.79 Å². The lowest BCUT2D eigenvalue weighted by Crippen LogP contribution is -2.21. The van der Waals surface area contributed by atoms with Crippen molar-refractivity contribution in [3.05, 3.63) is 23.8 Å². The standard InChI is InChI=1S/C9H12N2O2/c1-6-2-3-8(12)7(4-6)11-5-9(10)13/h2-4,11-12H,5H2,1H3,(H2,10,13). The molecule has 4 heteroatoms. The van der Waals surface area contributed by atoms with E-state index in [1.165, 1.54) is 0 Å². The normalized spacial score (nSPS) is 9.62. The number of hydrogen-bond donors (Lipinski definition) is 3. The predicted molar refractivity (Wildman–Crippen MR) is 50.5 cm³/mol. The minimum atomic E-state index is -0.457. The fraction of sp³-hybridized carbons (Fsp3) is 0.222. The molecule has 0 aromatic heterocycles. The molecule has 1 aromatic rings. The molecule has 4 N–H and O–H groups in total. The first-order chi connectivity index (χ1) is 6.09. The first-order valence-corrected chi connectivity index (χ1v) is 3.91. The van der Waals surface area contributed by atoms with Crippen LogP contribution in [0.25, 0.3) is 0 Å². The molecule has 0 aliphatic heterocycles. The molecule has 1 rings (SSSR count). The van der Waals surface area contributed by atoms with Gasteiger partial charge in [0.05, 0.1) is 12.2 Å². The van der Waals surface area contributed by atoms with Crippen LogP contribution in [0.15, 0.2) is 18.2 Å². The zero-order valence-electron chi connectivity index (χ0n) is 7.37. The van der Waals surface area contributed by atoms with Crippen LogP contribution in [0.2, 0.25) is 0 Å². The molecule has 0 saturated heterocycles. The summed E-state index contributed by atoms with van der Waals surface area (Å²) in [4.78, 5) is 10.4. The summed E-state index contributed by atoms with van der Waals surface area (Å²) in [5.41, 5.74) is 6.48. The summed E-state index contributed by atoms with van der Waals surface area (Å²) in [5, 5.41) is 12.1. The molecule has 0 atom stereocenters. The van der Waals surface area contributed by atoms with Gasteiger partial charge in [0.2, 0.25) is 5.91 Å². The van der Waals surface area contributed by atoms with Crippen LogP contribution >= 0.6 is 0 Å². The summed E-state index contributed by atoms with van der Waals surface area (Å²) in [7, 11) is 0. The summed E-state index contributed by atoms with van der Waals surface area (Å²) < 4.78 is 0. The van der Waals surface area contributed by atoms with Gasteiger partial charge in [0.1, 0.15) is 5.75 Å². The summed E-state index contributed by atoms with van der Waals surface area (Å²) in [6.45, 7) is 1.92. The first-order valence-electron chi connectivity index (χ1n) is 3.91. The smallest absolute Gasteiger partial charge is 0.236 e. The minimum absolute atomic E-state index is 0.0248. The third-order valence-electron chi connectivity index (χ3n) is 1.61. The Morgan fingerprint density at radius 3 is 2.92 bits per heavy atom. The Balaban J connectivity index is 2.75. The van der Waals surface area contributed by atoms with E-state index in [0.29, 0.717) is 5.69 Å². The zero-order chi connectivity index (χ0) is 9.84. The third kappa shape index (κ3) is 2.66. The van der Waals surface area contributed by atoms with Crippen LogP contribution in [0.1, 0.15) is 5.56 Å². The van der Waals surface area contributed by atoms with Gasteiger partial charge in [-0.25, -0.2) is 0 Å². The Hall–Kier alpha value is -1.71. The van der Waals surface area contributed by atoms with Crippen molar-refractivity contribution in [2.45, 2.75) is 6.92 Å². The lowest BCUT2D eigenvalue weighted by Gasteiger charge is -2.06. The van der Waals surface area contributed by atoms with E-state index in [9.17, 15) is 9.90 Å². The lowest BCUT2D eigenvalue weighted by atomic mass is 10.2. The van der Waals surface area contributed by atoms with Crippen LogP contribution in [0.3, 0.4) is 0 Å². The first kappa shape index (κ1) is 9.38. The number of amides is 1. The van der Waals surface area contributed by atoms with Gasteiger partial charge in [-0.15, -0.1) is 0 Å². The number of phenols is 1. The Morgan fingerprint density at radius 1 is 1.62 bits per heavy atom. The van der Waals surface area contributed by atoms with Gasteiger partial charge in [-0.05, 0) is 24.6 Å². The van der Waals surface area contributed by atoms with Gasteiger partial charge in [0.15, 0.2) is 0 Å². The molecule has 70 valence electrons. The number of aromatic hydroxyl groups is 1. The van der Waals surface area contributed by atoms with Crippen LogP contribution in [-0.4, -0.2) is 17.6 Å². The number of primary amides is 1. The average Bonchev–Trinajstić information content (AvgIpc) is 2.06. The fourth-order valence-electron chi connectivity index (χ4n) is 0.974. The van der Waals surface area contributed by atoms with E-state index in [1.54, 1.807) is 18.2 Å². The topological polar surface area (TPSA) is 75.3 Å².